The third-order valence-corrected chi connectivity index (χ3v) is 2.76. The molecule has 0 aromatic heterocycles. The van der Waals surface area contributed by atoms with Gasteiger partial charge in [-0.05, 0) is 26.0 Å². The molecule has 1 aliphatic heterocycles. The van der Waals surface area contributed by atoms with Crippen molar-refractivity contribution < 1.29 is 14.3 Å². The van der Waals surface area contributed by atoms with E-state index in [4.69, 9.17) is 9.47 Å². The highest BCUT2D eigenvalue weighted by Crippen LogP contribution is 2.32. The predicted octanol–water partition coefficient (Wildman–Crippen LogP) is 2.71. The molecule has 0 radical (unpaired) electrons. The average Bonchev–Trinajstić information content (AvgIpc) is 2.39. The Balaban J connectivity index is 2.38. The van der Waals surface area contributed by atoms with Crippen molar-refractivity contribution in [3.05, 3.63) is 24.3 Å². The largest absolute Gasteiger partial charge is 0.489 e. The van der Waals surface area contributed by atoms with Crippen LogP contribution >= 0.6 is 0 Å². The van der Waals surface area contributed by atoms with E-state index in [1.165, 1.54) is 4.90 Å². The zero-order chi connectivity index (χ0) is 13.8. The maximum Gasteiger partial charge on any atom is 0.415 e. The summed E-state index contributed by atoms with van der Waals surface area (Å²) in [5.41, 5.74) is 0.576. The van der Waals surface area contributed by atoms with E-state index in [0.29, 0.717) is 17.9 Å². The molecule has 0 spiro atoms. The van der Waals surface area contributed by atoms with Gasteiger partial charge < -0.3 is 9.47 Å². The van der Waals surface area contributed by atoms with Crippen LogP contribution in [0.15, 0.2) is 24.3 Å². The van der Waals surface area contributed by atoms with Crippen LogP contribution in [-0.4, -0.2) is 24.8 Å². The Morgan fingerprint density at radius 3 is 2.89 bits per heavy atom. The van der Waals surface area contributed by atoms with E-state index in [9.17, 15) is 10.1 Å². The van der Waals surface area contributed by atoms with Crippen LogP contribution in [-0.2, 0) is 4.74 Å². The van der Waals surface area contributed by atoms with Gasteiger partial charge >= 0.3 is 6.09 Å². The second-order valence-corrected chi connectivity index (χ2v) is 4.55. The van der Waals surface area contributed by atoms with Gasteiger partial charge in [-0.3, -0.25) is 4.90 Å². The number of carbonyl (C=O) groups is 1. The molecular formula is C14H16N2O3. The maximum atomic E-state index is 11.9. The summed E-state index contributed by atoms with van der Waals surface area (Å²) >= 11 is 0. The van der Waals surface area contributed by atoms with Gasteiger partial charge in [0.05, 0.1) is 24.5 Å². The van der Waals surface area contributed by atoms with Gasteiger partial charge in [0, 0.05) is 6.42 Å². The molecular weight excluding hydrogens is 244 g/mol. The Morgan fingerprint density at radius 2 is 2.21 bits per heavy atom. The number of carbonyl (C=O) groups excluding carboxylic acids is 1. The van der Waals surface area contributed by atoms with Crippen LogP contribution in [0, 0.1) is 11.3 Å². The summed E-state index contributed by atoms with van der Waals surface area (Å²) in [6, 6.07) is 8.79. The summed E-state index contributed by atoms with van der Waals surface area (Å²) in [6.45, 7) is 4.10. The van der Waals surface area contributed by atoms with Crippen molar-refractivity contribution in [2.45, 2.75) is 32.4 Å². The normalized spacial score (nSPS) is 18.9. The number of amides is 1. The molecule has 1 fully saturated rings. The highest BCUT2D eigenvalue weighted by molar-refractivity contribution is 5.91. The van der Waals surface area contributed by atoms with Crippen molar-refractivity contribution in [2.75, 3.05) is 11.5 Å². The van der Waals surface area contributed by atoms with E-state index in [1.54, 1.807) is 18.2 Å². The Bertz CT molecular complexity index is 508. The van der Waals surface area contributed by atoms with Crippen LogP contribution in [0.3, 0.4) is 0 Å². The highest BCUT2D eigenvalue weighted by Gasteiger charge is 2.32. The van der Waals surface area contributed by atoms with Gasteiger partial charge in [0.2, 0.25) is 0 Å². The first kappa shape index (κ1) is 13.2. The third kappa shape index (κ3) is 2.79. The molecule has 1 aromatic rings. The van der Waals surface area contributed by atoms with E-state index in [2.05, 4.69) is 6.07 Å². The first-order chi connectivity index (χ1) is 9.13. The molecule has 1 aliphatic rings. The molecule has 0 aliphatic carbocycles. The Morgan fingerprint density at radius 1 is 1.47 bits per heavy atom. The fourth-order valence-electron chi connectivity index (χ4n) is 1.98. The minimum atomic E-state index is -0.516. The van der Waals surface area contributed by atoms with Gasteiger partial charge in [-0.2, -0.15) is 5.26 Å². The summed E-state index contributed by atoms with van der Waals surface area (Å²) in [7, 11) is 0. The number of hydrogen-bond acceptors (Lipinski definition) is 4. The Kier molecular flexibility index (Phi) is 3.91. The van der Waals surface area contributed by atoms with E-state index in [-0.39, 0.29) is 12.7 Å². The average molecular weight is 260 g/mol. The fourth-order valence-corrected chi connectivity index (χ4v) is 1.98. The summed E-state index contributed by atoms with van der Waals surface area (Å²) in [4.78, 5) is 13.3. The lowest BCUT2D eigenvalue weighted by Crippen LogP contribution is -2.45. The van der Waals surface area contributed by atoms with Crippen LogP contribution < -0.4 is 9.64 Å². The quantitative estimate of drug-likeness (QED) is 0.838. The second kappa shape index (κ2) is 5.61. The van der Waals surface area contributed by atoms with Crippen LogP contribution in [0.4, 0.5) is 10.5 Å². The maximum absolute atomic E-state index is 11.9. The van der Waals surface area contributed by atoms with Crippen molar-refractivity contribution >= 4 is 11.8 Å². The number of ether oxygens (including phenoxy) is 2. The number of nitrogens with zero attached hydrogens (tertiary/aromatic N) is 2. The molecule has 1 amide bonds. The standard InChI is InChI=1S/C14H16N2O3/c1-10(2)19-13-6-4-3-5-12(13)16-11(9-15)7-8-18-14(16)17/h3-6,10-11H,7-8H2,1-2H3. The molecule has 0 saturated carbocycles. The number of anilines is 1. The number of para-hydroxylation sites is 2. The van der Waals surface area contributed by atoms with Crippen molar-refractivity contribution in [2.24, 2.45) is 0 Å². The number of rotatable bonds is 3. The lowest BCUT2D eigenvalue weighted by Gasteiger charge is -2.32. The van der Waals surface area contributed by atoms with Gasteiger partial charge in [0.1, 0.15) is 11.8 Å². The van der Waals surface area contributed by atoms with Crippen LogP contribution in [0.2, 0.25) is 0 Å². The smallest absolute Gasteiger partial charge is 0.415 e. The second-order valence-electron chi connectivity index (χ2n) is 4.55. The summed E-state index contributed by atoms with van der Waals surface area (Å²) in [6.07, 6.45) is -0.0155. The number of nitriles is 1. The monoisotopic (exact) mass is 260 g/mol. The van der Waals surface area contributed by atoms with E-state index in [0.717, 1.165) is 0 Å². The summed E-state index contributed by atoms with van der Waals surface area (Å²) in [5.74, 6) is 0.580. The molecule has 100 valence electrons. The van der Waals surface area contributed by atoms with E-state index in [1.807, 2.05) is 19.9 Å². The van der Waals surface area contributed by atoms with Crippen LogP contribution in [0.5, 0.6) is 5.75 Å². The Hall–Kier alpha value is -2.22. The first-order valence-corrected chi connectivity index (χ1v) is 6.24. The van der Waals surface area contributed by atoms with Crippen molar-refractivity contribution in [1.82, 2.24) is 0 Å². The molecule has 1 heterocycles. The Labute approximate surface area is 112 Å². The summed E-state index contributed by atoms with van der Waals surface area (Å²) < 4.78 is 10.7. The number of benzene rings is 1. The molecule has 0 bridgehead atoms. The van der Waals surface area contributed by atoms with Crippen molar-refractivity contribution in [3.63, 3.8) is 0 Å². The lowest BCUT2D eigenvalue weighted by atomic mass is 10.1. The number of hydrogen-bond donors (Lipinski definition) is 0. The van der Waals surface area contributed by atoms with Gasteiger partial charge in [0.25, 0.3) is 0 Å². The van der Waals surface area contributed by atoms with Crippen molar-refractivity contribution in [3.8, 4) is 11.8 Å². The van der Waals surface area contributed by atoms with E-state index < -0.39 is 12.1 Å². The molecule has 5 nitrogen and oxygen atoms in total. The minimum Gasteiger partial charge on any atom is -0.489 e. The van der Waals surface area contributed by atoms with Gasteiger partial charge in [-0.1, -0.05) is 12.1 Å². The fraction of sp³-hybridized carbons (Fsp3) is 0.429. The molecule has 1 unspecified atom stereocenters. The SMILES string of the molecule is CC(C)Oc1ccccc1N1C(=O)OCCC1C#N. The van der Waals surface area contributed by atoms with Gasteiger partial charge in [-0.15, -0.1) is 0 Å². The number of cyclic esters (lactones) is 1. The molecule has 1 aromatic carbocycles. The zero-order valence-corrected chi connectivity index (χ0v) is 11.0. The zero-order valence-electron chi connectivity index (χ0n) is 11.0. The molecule has 5 heteroatoms. The topological polar surface area (TPSA) is 62.6 Å². The van der Waals surface area contributed by atoms with Gasteiger partial charge in [-0.25, -0.2) is 4.79 Å². The van der Waals surface area contributed by atoms with Gasteiger partial charge in [0.15, 0.2) is 0 Å². The molecule has 1 saturated heterocycles. The molecule has 1 atom stereocenters. The molecule has 2 rings (SSSR count). The molecule has 19 heavy (non-hydrogen) atoms. The first-order valence-electron chi connectivity index (χ1n) is 6.24. The third-order valence-electron chi connectivity index (χ3n) is 2.76. The van der Waals surface area contributed by atoms with Crippen molar-refractivity contribution in [1.29, 1.82) is 5.26 Å². The summed E-state index contributed by atoms with van der Waals surface area (Å²) in [5, 5.41) is 9.17. The predicted molar refractivity (Wildman–Crippen MR) is 70.1 cm³/mol. The van der Waals surface area contributed by atoms with Crippen LogP contribution in [0.25, 0.3) is 0 Å². The van der Waals surface area contributed by atoms with E-state index >= 15 is 0 Å². The highest BCUT2D eigenvalue weighted by atomic mass is 16.6. The van der Waals surface area contributed by atoms with Crippen LogP contribution in [0.1, 0.15) is 20.3 Å². The lowest BCUT2D eigenvalue weighted by molar-refractivity contribution is 0.134. The minimum absolute atomic E-state index is 0.0116. The molecule has 0 N–H and O–H groups in total.